The predicted molar refractivity (Wildman–Crippen MR) is 126 cm³/mol. The second-order valence-corrected chi connectivity index (χ2v) is 6.58. The molecule has 36 heavy (non-hydrogen) atoms. The third kappa shape index (κ3) is 10.7. The fraction of sp³-hybridized carbons (Fsp3) is 0.0909. The van der Waals surface area contributed by atoms with E-state index in [0.29, 0.717) is 21.5 Å². The molecule has 0 saturated heterocycles. The molecule has 4 bridgehead atoms. The summed E-state index contributed by atoms with van der Waals surface area (Å²) in [5, 5.41) is 57.0. The summed E-state index contributed by atoms with van der Waals surface area (Å²) >= 11 is 7.32. The summed E-state index contributed by atoms with van der Waals surface area (Å²) in [6.07, 6.45) is 10.6. The summed E-state index contributed by atoms with van der Waals surface area (Å²) < 4.78 is 0. The molecule has 0 atom stereocenters. The molecule has 3 rings (SSSR count). The normalized spacial score (nSPS) is 9.11. The average Bonchev–Trinajstić information content (AvgIpc) is 2.88. The number of rotatable bonds is 0. The first-order valence-electron chi connectivity index (χ1n) is 9.63. The van der Waals surface area contributed by atoms with Gasteiger partial charge in [-0.25, -0.2) is 0 Å². The van der Waals surface area contributed by atoms with Crippen LogP contribution < -0.4 is 10.2 Å². The zero-order valence-corrected chi connectivity index (χ0v) is 22.1. The first-order chi connectivity index (χ1) is 17.5. The molecule has 14 heteroatoms. The Labute approximate surface area is 232 Å². The first kappa shape index (κ1) is 31.0. The van der Waals surface area contributed by atoms with Crippen LogP contribution in [0.5, 0.6) is 11.5 Å². The van der Waals surface area contributed by atoms with Crippen molar-refractivity contribution in [2.75, 3.05) is 0 Å². The maximum atomic E-state index is 12.5. The summed E-state index contributed by atoms with van der Waals surface area (Å²) in [7, 11) is 8.40. The third-order valence-electron chi connectivity index (χ3n) is 4.04. The Morgan fingerprint density at radius 2 is 0.694 bits per heavy atom. The summed E-state index contributed by atoms with van der Waals surface area (Å²) in [6, 6.07) is 6.78. The maximum absolute atomic E-state index is 12.5. The molecule has 0 aliphatic rings. The van der Waals surface area contributed by atoms with Crippen LogP contribution in [0.1, 0.15) is 11.1 Å². The molecule has 2 aromatic carbocycles. The molecule has 194 valence electrons. The first-order valence-corrected chi connectivity index (χ1v) is 12.2. The number of benzene rings is 2. The molecular formula is C22H18Cl2Cu2N8O2. The van der Waals surface area contributed by atoms with Crippen molar-refractivity contribution in [1.82, 2.24) is 40.8 Å². The molecule has 3 aromatic rings. The van der Waals surface area contributed by atoms with Crippen molar-refractivity contribution in [3.8, 4) is 11.5 Å². The van der Waals surface area contributed by atoms with E-state index in [9.17, 15) is 10.2 Å². The number of aromatic nitrogens is 8. The zero-order chi connectivity index (χ0) is 26.8. The Balaban J connectivity index is 0.00000154. The topological polar surface area (TPSA) is 149 Å². The number of hydrogen-bond acceptors (Lipinski definition) is 10. The minimum absolute atomic E-state index is 0.253. The van der Waals surface area contributed by atoms with E-state index in [1.165, 1.54) is 49.6 Å². The second kappa shape index (κ2) is 18.3. The average molecular weight is 624 g/mol. The van der Waals surface area contributed by atoms with Gasteiger partial charge in [-0.15, -0.1) is 0 Å². The van der Waals surface area contributed by atoms with Gasteiger partial charge < -0.3 is 10.2 Å². The van der Waals surface area contributed by atoms with Crippen molar-refractivity contribution in [2.24, 2.45) is 0 Å². The van der Waals surface area contributed by atoms with E-state index >= 15 is 0 Å². The van der Waals surface area contributed by atoms with Crippen molar-refractivity contribution >= 4 is 41.7 Å². The standard InChI is InChI=1S/C22H20N8O2.2ClH.2Cu/c1-15-7-17-11-27-23-3-5-25-29-13-19-9-16(2)10-20(22(19)32)14-30-26-6-4-24-28-12-18(8-15)21(17)31;;;;/h3-14,31-32H,1-2H3;2*1H;;/q;;;2*+2/p-4. The summed E-state index contributed by atoms with van der Waals surface area (Å²) in [5.74, 6) is -0.505. The van der Waals surface area contributed by atoms with Crippen LogP contribution in [0.4, 0.5) is 0 Å². The summed E-state index contributed by atoms with van der Waals surface area (Å²) in [4.78, 5) is 0. The molecule has 1 aromatic heterocycles. The van der Waals surface area contributed by atoms with Crippen molar-refractivity contribution in [1.29, 1.82) is 0 Å². The van der Waals surface area contributed by atoms with E-state index in [-0.39, 0.29) is 11.5 Å². The van der Waals surface area contributed by atoms with Crippen LogP contribution >= 0.6 is 20.2 Å². The van der Waals surface area contributed by atoms with Gasteiger partial charge in [-0.05, 0) is 46.5 Å². The van der Waals surface area contributed by atoms with E-state index in [1.807, 2.05) is 13.8 Å². The van der Waals surface area contributed by atoms with E-state index in [4.69, 9.17) is 0 Å². The Hall–Kier alpha value is -2.98. The van der Waals surface area contributed by atoms with Gasteiger partial charge in [0.25, 0.3) is 0 Å². The van der Waals surface area contributed by atoms with E-state index in [2.05, 4.69) is 91.2 Å². The van der Waals surface area contributed by atoms with Crippen molar-refractivity contribution < 1.29 is 40.4 Å². The molecular weight excluding hydrogens is 606 g/mol. The van der Waals surface area contributed by atoms with Gasteiger partial charge in [0.1, 0.15) is 0 Å². The number of nitrogens with zero attached hydrogens (tertiary/aromatic N) is 8. The monoisotopic (exact) mass is 622 g/mol. The fourth-order valence-electron chi connectivity index (χ4n) is 2.70. The van der Waals surface area contributed by atoms with Gasteiger partial charge in [0.15, 0.2) is 0 Å². The summed E-state index contributed by atoms with van der Waals surface area (Å²) in [6.45, 7) is 3.70. The Morgan fingerprint density at radius 1 is 0.472 bits per heavy atom. The van der Waals surface area contributed by atoms with E-state index in [1.54, 1.807) is 24.3 Å². The Kier molecular flexibility index (Phi) is 15.8. The Bertz CT molecular complexity index is 1170. The van der Waals surface area contributed by atoms with E-state index < -0.39 is 0 Å². The van der Waals surface area contributed by atoms with Gasteiger partial charge in [0, 0.05) is 0 Å². The quantitative estimate of drug-likeness (QED) is 0.341. The van der Waals surface area contributed by atoms with Crippen LogP contribution in [0.3, 0.4) is 0 Å². The fourth-order valence-corrected chi connectivity index (χ4v) is 2.70. The molecule has 0 aliphatic carbocycles. The van der Waals surface area contributed by atoms with Gasteiger partial charge in [-0.3, -0.25) is 0 Å². The molecule has 0 spiro atoms. The number of hydrogen-bond donors (Lipinski definition) is 0. The van der Waals surface area contributed by atoms with Gasteiger partial charge in [-0.1, -0.05) is 35.8 Å². The second-order valence-electron chi connectivity index (χ2n) is 6.58. The van der Waals surface area contributed by atoms with Crippen LogP contribution in [-0.4, -0.2) is 40.8 Å². The van der Waals surface area contributed by atoms with Crippen molar-refractivity contribution in [3.63, 3.8) is 0 Å². The predicted octanol–water partition coefficient (Wildman–Crippen LogP) is 3.23. The van der Waals surface area contributed by atoms with Crippen LogP contribution in [0.2, 0.25) is 0 Å². The third-order valence-corrected chi connectivity index (χ3v) is 4.04. The molecule has 0 radical (unpaired) electrons. The van der Waals surface area contributed by atoms with Gasteiger partial charge in [0.2, 0.25) is 0 Å². The van der Waals surface area contributed by atoms with Gasteiger partial charge in [0.05, 0.1) is 49.6 Å². The number of halogens is 2. The van der Waals surface area contributed by atoms with E-state index in [0.717, 1.165) is 11.1 Å². The molecule has 0 saturated carbocycles. The van der Waals surface area contributed by atoms with Crippen molar-refractivity contribution in [3.05, 3.63) is 85.0 Å². The van der Waals surface area contributed by atoms with Gasteiger partial charge in [-0.2, -0.15) is 40.8 Å². The molecule has 1 heterocycles. The van der Waals surface area contributed by atoms with Crippen LogP contribution in [0, 0.1) is 13.8 Å². The Morgan fingerprint density at radius 3 is 0.917 bits per heavy atom. The molecule has 10 nitrogen and oxygen atoms in total. The van der Waals surface area contributed by atoms with Crippen LogP contribution in [0.25, 0.3) is 21.5 Å². The summed E-state index contributed by atoms with van der Waals surface area (Å²) in [5.41, 5.74) is 1.72. The number of fused-ring (bicyclic) bond motifs is 4. The van der Waals surface area contributed by atoms with Crippen LogP contribution in [-0.2, 0) is 30.2 Å². The van der Waals surface area contributed by atoms with Crippen LogP contribution in [0.15, 0.2) is 73.8 Å². The zero-order valence-electron chi connectivity index (χ0n) is 18.7. The number of aryl methyl sites for hydroxylation is 2. The van der Waals surface area contributed by atoms with Crippen molar-refractivity contribution in [2.45, 2.75) is 13.8 Å². The molecule has 0 fully saturated rings. The van der Waals surface area contributed by atoms with Gasteiger partial charge >= 0.3 is 50.4 Å². The molecule has 0 N–H and O–H groups in total. The molecule has 0 amide bonds. The minimum atomic E-state index is -0.253. The molecule has 0 unspecified atom stereocenters. The SMILES string of the molecule is Cc1cc2cnnccnncc3cc(C)cc(cnnccnncc(c1)c2[O-])c3[O-].[Cl][Cu+].[Cl][Cu+]. The molecule has 0 aliphatic heterocycles.